The van der Waals surface area contributed by atoms with Gasteiger partial charge in [0, 0.05) is 56.7 Å². The number of likely N-dealkylation sites (tertiary alicyclic amines) is 2. The molecule has 276 valence electrons. The van der Waals surface area contributed by atoms with Gasteiger partial charge in [0.05, 0.1) is 46.6 Å². The second-order valence-corrected chi connectivity index (χ2v) is 13.8. The van der Waals surface area contributed by atoms with Gasteiger partial charge in [0.25, 0.3) is 0 Å². The van der Waals surface area contributed by atoms with Crippen molar-refractivity contribution in [2.45, 2.75) is 43.2 Å². The van der Waals surface area contributed by atoms with Crippen LogP contribution in [0.3, 0.4) is 0 Å². The van der Waals surface area contributed by atoms with E-state index in [1.807, 2.05) is 11.9 Å². The van der Waals surface area contributed by atoms with E-state index in [1.165, 1.54) is 13.2 Å². The minimum Gasteiger partial charge on any atom is -0.462 e. The fraction of sp³-hybridized carbons (Fsp3) is 0.429. The van der Waals surface area contributed by atoms with Crippen molar-refractivity contribution in [3.63, 3.8) is 0 Å². The number of carbonyl (C=O) groups is 1. The number of fused-ring (bicyclic) bond motifs is 2. The third kappa shape index (κ3) is 6.48. The lowest BCUT2D eigenvalue weighted by Crippen LogP contribution is -2.48. The number of carbonyl (C=O) groups excluding carboxylic acids is 1. The Kier molecular flexibility index (Phi) is 10.3. The predicted molar refractivity (Wildman–Crippen MR) is 188 cm³/mol. The molecule has 0 saturated carbocycles. The number of hydrogen-bond donors (Lipinski definition) is 1. The van der Waals surface area contributed by atoms with Crippen LogP contribution in [0.25, 0.3) is 37.0 Å². The lowest BCUT2D eigenvalue weighted by Gasteiger charge is -2.34. The number of nitrogens with two attached hydrogens (primary N) is 1. The van der Waals surface area contributed by atoms with Gasteiger partial charge in [-0.25, -0.2) is 13.6 Å². The van der Waals surface area contributed by atoms with Crippen LogP contribution in [0.15, 0.2) is 30.9 Å². The van der Waals surface area contributed by atoms with Crippen LogP contribution in [-0.4, -0.2) is 105 Å². The van der Waals surface area contributed by atoms with E-state index in [1.54, 1.807) is 24.0 Å². The van der Waals surface area contributed by atoms with Crippen LogP contribution >= 0.6 is 11.3 Å². The van der Waals surface area contributed by atoms with Crippen molar-refractivity contribution in [1.82, 2.24) is 19.8 Å². The molecule has 0 radical (unpaired) electrons. The number of thiophene rings is 1. The number of alkyl halides is 3. The van der Waals surface area contributed by atoms with Crippen LogP contribution in [0.5, 0.6) is 6.01 Å². The molecule has 2 saturated heterocycles. The molecule has 2 fully saturated rings. The van der Waals surface area contributed by atoms with Gasteiger partial charge in [-0.3, -0.25) is 9.69 Å². The summed E-state index contributed by atoms with van der Waals surface area (Å²) >= 11 is 0.689. The Morgan fingerprint density at radius 2 is 2.00 bits per heavy atom. The Morgan fingerprint density at radius 3 is 2.63 bits per heavy atom. The summed E-state index contributed by atoms with van der Waals surface area (Å²) < 4.78 is 94.1. The lowest BCUT2D eigenvalue weighted by molar-refractivity contribution is -0.137. The van der Waals surface area contributed by atoms with E-state index < -0.39 is 46.5 Å². The van der Waals surface area contributed by atoms with Gasteiger partial charge in [-0.15, -0.1) is 11.3 Å². The zero-order chi connectivity index (χ0) is 37.6. The number of ether oxygens (including phenoxy) is 3. The molecule has 11 nitrogen and oxygen atoms in total. The summed E-state index contributed by atoms with van der Waals surface area (Å²) in [7, 11) is 6.55. The van der Waals surface area contributed by atoms with Gasteiger partial charge in [-0.05, 0) is 43.7 Å². The van der Waals surface area contributed by atoms with Crippen LogP contribution < -0.4 is 15.4 Å². The summed E-state index contributed by atoms with van der Waals surface area (Å²) in [5.74, 6) is -2.62. The second kappa shape index (κ2) is 14.4. The van der Waals surface area contributed by atoms with E-state index in [0.717, 1.165) is 18.2 Å². The summed E-state index contributed by atoms with van der Waals surface area (Å²) in [6.45, 7) is 12.3. The van der Waals surface area contributed by atoms with Crippen LogP contribution in [0, 0.1) is 18.2 Å². The third-order valence-electron chi connectivity index (χ3n) is 9.89. The number of methoxy groups -OCH3 is 2. The first kappa shape index (κ1) is 37.1. The van der Waals surface area contributed by atoms with Crippen LogP contribution in [0.2, 0.25) is 0 Å². The van der Waals surface area contributed by atoms with Crippen molar-refractivity contribution in [1.29, 1.82) is 0 Å². The van der Waals surface area contributed by atoms with E-state index in [-0.39, 0.29) is 74.8 Å². The Morgan fingerprint density at radius 1 is 1.25 bits per heavy atom. The highest BCUT2D eigenvalue weighted by molar-refractivity contribution is 7.23. The van der Waals surface area contributed by atoms with Gasteiger partial charge in [-0.1, -0.05) is 12.6 Å². The van der Waals surface area contributed by atoms with Gasteiger partial charge < -0.3 is 29.7 Å². The molecule has 4 unspecified atom stereocenters. The molecule has 4 aromatic rings. The third-order valence-corrected chi connectivity index (χ3v) is 10.9. The number of likely N-dealkylation sites (N-methyl/N-ethyl adjacent to an activating group) is 2. The lowest BCUT2D eigenvalue weighted by atomic mass is 9.93. The Hall–Kier alpha value is -4.63. The molecule has 52 heavy (non-hydrogen) atoms. The molecule has 6 rings (SSSR count). The quantitative estimate of drug-likeness (QED) is 0.114. The van der Waals surface area contributed by atoms with E-state index >= 15 is 17.6 Å². The maximum Gasteiger partial charge on any atom is 0.417 e. The van der Waals surface area contributed by atoms with Crippen molar-refractivity contribution in [2.24, 2.45) is 0 Å². The fourth-order valence-electron chi connectivity index (χ4n) is 7.28. The van der Waals surface area contributed by atoms with Gasteiger partial charge in [0.15, 0.2) is 5.82 Å². The highest BCUT2D eigenvalue weighted by Crippen LogP contribution is 2.50. The van der Waals surface area contributed by atoms with Crippen molar-refractivity contribution in [3.8, 4) is 17.1 Å². The summed E-state index contributed by atoms with van der Waals surface area (Å²) in [6.07, 6.45) is -2.98. The molecule has 1 amide bonds. The monoisotopic (exact) mass is 745 g/mol. The normalized spacial score (nSPS) is 20.9. The van der Waals surface area contributed by atoms with Crippen molar-refractivity contribution < 1.29 is 41.0 Å². The molecule has 2 aromatic heterocycles. The Labute approximate surface area is 300 Å². The van der Waals surface area contributed by atoms with Crippen molar-refractivity contribution in [3.05, 3.63) is 59.5 Å². The molecule has 0 bridgehead atoms. The second-order valence-electron chi connectivity index (χ2n) is 12.8. The molecular formula is C35H36F5N7O4S. The molecule has 4 heterocycles. The average Bonchev–Trinajstić information content (AvgIpc) is 3.81. The number of amides is 1. The van der Waals surface area contributed by atoms with Crippen LogP contribution in [-0.2, 0) is 20.4 Å². The molecule has 17 heteroatoms. The molecular weight excluding hydrogens is 709 g/mol. The van der Waals surface area contributed by atoms with E-state index in [4.69, 9.17) is 26.5 Å². The van der Waals surface area contributed by atoms with Crippen LogP contribution in [0.4, 0.5) is 38.5 Å². The molecule has 4 atom stereocenters. The fourth-order valence-corrected chi connectivity index (χ4v) is 8.22. The smallest absolute Gasteiger partial charge is 0.417 e. The summed E-state index contributed by atoms with van der Waals surface area (Å²) in [5.41, 5.74) is 2.52. The molecule has 0 aliphatic carbocycles. The molecule has 2 N–H and O–H groups in total. The molecule has 2 aliphatic heterocycles. The van der Waals surface area contributed by atoms with Gasteiger partial charge in [0.1, 0.15) is 23.8 Å². The topological polar surface area (TPSA) is 111 Å². The Bertz CT molecular complexity index is 2090. The highest BCUT2D eigenvalue weighted by Gasteiger charge is 2.42. The largest absolute Gasteiger partial charge is 0.462 e. The van der Waals surface area contributed by atoms with E-state index in [2.05, 4.69) is 21.4 Å². The maximum absolute atomic E-state index is 17.2. The predicted octanol–water partition coefficient (Wildman–Crippen LogP) is 6.28. The van der Waals surface area contributed by atoms with Gasteiger partial charge >= 0.3 is 12.2 Å². The molecule has 2 aromatic carbocycles. The highest BCUT2D eigenvalue weighted by atomic mass is 32.1. The standard InChI is InChI=1S/C35H36F5N7O4S/c1-7-25(48)47-11-10-23(24(47)16-49-5)46(4)33-20-13-21(35(38,39)40)26(19-8-9-22(36)31-27(19)30(42-2)32(41)52-31)28(37)29(20)43-34(44-33)51-15-17-12-18(50-6)14-45(17)3/h7-9,13,17-18,23-24H,1,10-12,14-16,41H2,3-6H3. The number of nitrogen functional groups attached to an aromatic ring is 1. The first-order chi connectivity index (χ1) is 24.7. The number of anilines is 2. The summed E-state index contributed by atoms with van der Waals surface area (Å²) in [6, 6.07) is 1.18. The SMILES string of the molecule is [C-]#[N+]c1c(N)sc2c(F)ccc(-c3c(C(F)(F)F)cc4c(N(C)C5CCN(C(=O)C=C)C5COC)nc(OCC5CC(OC)CN5C)nc4c3F)c12. The van der Waals surface area contributed by atoms with Gasteiger partial charge in [0.2, 0.25) is 11.6 Å². The zero-order valence-corrected chi connectivity index (χ0v) is 29.6. The first-order valence-corrected chi connectivity index (χ1v) is 17.1. The minimum absolute atomic E-state index is 0.0426. The number of aromatic nitrogens is 2. The molecule has 0 spiro atoms. The zero-order valence-electron chi connectivity index (χ0n) is 28.8. The maximum atomic E-state index is 17.2. The number of nitrogens with zero attached hydrogens (tertiary/aromatic N) is 6. The van der Waals surface area contributed by atoms with Crippen molar-refractivity contribution in [2.75, 3.05) is 65.3 Å². The number of benzene rings is 2. The first-order valence-electron chi connectivity index (χ1n) is 16.2. The summed E-state index contributed by atoms with van der Waals surface area (Å²) in [4.78, 5) is 30.1. The Balaban J connectivity index is 1.59. The van der Waals surface area contributed by atoms with Gasteiger partial charge in [-0.2, -0.15) is 23.1 Å². The number of rotatable bonds is 10. The average molecular weight is 746 g/mol. The number of halogens is 5. The van der Waals surface area contributed by atoms with Crippen molar-refractivity contribution >= 4 is 54.7 Å². The van der Waals surface area contributed by atoms with Crippen LogP contribution in [0.1, 0.15) is 18.4 Å². The molecule has 2 aliphatic rings. The van der Waals surface area contributed by atoms with E-state index in [9.17, 15) is 9.18 Å². The number of hydrogen-bond acceptors (Lipinski definition) is 10. The summed E-state index contributed by atoms with van der Waals surface area (Å²) in [5, 5.41) is -0.632. The minimum atomic E-state index is -5.13. The van der Waals surface area contributed by atoms with E-state index in [0.29, 0.717) is 37.3 Å².